The fourth-order valence-corrected chi connectivity index (χ4v) is 4.09. The van der Waals surface area contributed by atoms with Gasteiger partial charge in [0.15, 0.2) is 0 Å². The molecule has 2 amide bonds. The molecule has 2 aromatic rings. The third-order valence-corrected chi connectivity index (χ3v) is 5.62. The Morgan fingerprint density at radius 2 is 1.56 bits per heavy atom. The zero-order chi connectivity index (χ0) is 23.1. The van der Waals surface area contributed by atoms with Crippen LogP contribution >= 0.6 is 0 Å². The second-order valence-corrected chi connectivity index (χ2v) is 8.47. The molecule has 0 spiro atoms. The SMILES string of the molecule is CC(C)CC(CNC(=O)CCNC(=O)OCC1c2ccccc2-c2ccccc21)C(=O)O. The van der Waals surface area contributed by atoms with Crippen molar-refractivity contribution in [3.8, 4) is 11.1 Å². The predicted molar refractivity (Wildman–Crippen MR) is 121 cm³/mol. The standard InChI is InChI=1S/C25H30N2O5/c1-16(2)13-17(24(29)30)14-27-23(28)11-12-26-25(31)32-15-22-20-9-5-3-7-18(20)19-8-4-6-10-21(19)22/h3-10,16-17,22H,11-15H2,1-2H3,(H,26,31)(H,27,28)(H,29,30). The highest BCUT2D eigenvalue weighted by Gasteiger charge is 2.29. The molecule has 170 valence electrons. The van der Waals surface area contributed by atoms with Crippen LogP contribution in [0.15, 0.2) is 48.5 Å². The van der Waals surface area contributed by atoms with Crippen LogP contribution < -0.4 is 10.6 Å². The molecule has 1 aliphatic rings. The summed E-state index contributed by atoms with van der Waals surface area (Å²) in [5.41, 5.74) is 4.59. The Kier molecular flexibility index (Phi) is 7.87. The molecular formula is C25H30N2O5. The van der Waals surface area contributed by atoms with Crippen molar-refractivity contribution < 1.29 is 24.2 Å². The van der Waals surface area contributed by atoms with Gasteiger partial charge in [-0.3, -0.25) is 9.59 Å². The molecule has 0 saturated heterocycles. The van der Waals surface area contributed by atoms with Crippen molar-refractivity contribution in [2.75, 3.05) is 19.7 Å². The smallest absolute Gasteiger partial charge is 0.407 e. The van der Waals surface area contributed by atoms with Gasteiger partial charge >= 0.3 is 12.1 Å². The maximum Gasteiger partial charge on any atom is 0.407 e. The van der Waals surface area contributed by atoms with Gasteiger partial charge in [-0.05, 0) is 34.6 Å². The summed E-state index contributed by atoms with van der Waals surface area (Å²) in [6, 6.07) is 16.2. The first-order valence-corrected chi connectivity index (χ1v) is 10.9. The predicted octanol–water partition coefficient (Wildman–Crippen LogP) is 3.78. The summed E-state index contributed by atoms with van der Waals surface area (Å²) in [6.45, 7) is 4.29. The van der Waals surface area contributed by atoms with Gasteiger partial charge in [-0.15, -0.1) is 0 Å². The number of fused-ring (bicyclic) bond motifs is 3. The van der Waals surface area contributed by atoms with Gasteiger partial charge in [0.25, 0.3) is 0 Å². The van der Waals surface area contributed by atoms with E-state index in [0.29, 0.717) is 6.42 Å². The van der Waals surface area contributed by atoms with E-state index in [-0.39, 0.29) is 43.9 Å². The average molecular weight is 439 g/mol. The van der Waals surface area contributed by atoms with E-state index in [2.05, 4.69) is 34.9 Å². The Bertz CT molecular complexity index is 927. The summed E-state index contributed by atoms with van der Waals surface area (Å²) in [6.07, 6.45) is -0.0332. The molecule has 1 atom stereocenters. The van der Waals surface area contributed by atoms with Crippen LogP contribution in [0, 0.1) is 11.8 Å². The molecule has 3 rings (SSSR count). The average Bonchev–Trinajstić information content (AvgIpc) is 3.08. The van der Waals surface area contributed by atoms with E-state index in [1.807, 2.05) is 38.1 Å². The number of ether oxygens (including phenoxy) is 1. The van der Waals surface area contributed by atoms with E-state index >= 15 is 0 Å². The number of hydrogen-bond donors (Lipinski definition) is 3. The minimum Gasteiger partial charge on any atom is -0.481 e. The topological polar surface area (TPSA) is 105 Å². The Balaban J connectivity index is 1.42. The number of hydrogen-bond acceptors (Lipinski definition) is 4. The number of rotatable bonds is 10. The van der Waals surface area contributed by atoms with Crippen molar-refractivity contribution in [3.63, 3.8) is 0 Å². The molecule has 0 bridgehead atoms. The lowest BCUT2D eigenvalue weighted by Gasteiger charge is -2.16. The highest BCUT2D eigenvalue weighted by atomic mass is 16.5. The van der Waals surface area contributed by atoms with Crippen molar-refractivity contribution >= 4 is 18.0 Å². The van der Waals surface area contributed by atoms with Crippen LogP contribution in [0.1, 0.15) is 43.7 Å². The molecule has 1 aliphatic carbocycles. The molecular weight excluding hydrogens is 408 g/mol. The van der Waals surface area contributed by atoms with Gasteiger partial charge in [0.1, 0.15) is 6.61 Å². The van der Waals surface area contributed by atoms with Crippen LogP contribution in [0.4, 0.5) is 4.79 Å². The molecule has 7 heteroatoms. The Morgan fingerprint density at radius 1 is 0.969 bits per heavy atom. The Hall–Kier alpha value is -3.35. The molecule has 0 radical (unpaired) electrons. The summed E-state index contributed by atoms with van der Waals surface area (Å²) >= 11 is 0. The van der Waals surface area contributed by atoms with Crippen LogP contribution in [0.3, 0.4) is 0 Å². The number of carboxylic acid groups (broad SMARTS) is 1. The number of nitrogens with one attached hydrogen (secondary N) is 2. The maximum atomic E-state index is 12.1. The highest BCUT2D eigenvalue weighted by molar-refractivity contribution is 5.79. The van der Waals surface area contributed by atoms with Crippen molar-refractivity contribution in [2.24, 2.45) is 11.8 Å². The lowest BCUT2D eigenvalue weighted by Crippen LogP contribution is -2.36. The van der Waals surface area contributed by atoms with Gasteiger partial charge in [-0.2, -0.15) is 0 Å². The minimum atomic E-state index is -0.921. The molecule has 32 heavy (non-hydrogen) atoms. The van der Waals surface area contributed by atoms with Crippen molar-refractivity contribution in [1.29, 1.82) is 0 Å². The largest absolute Gasteiger partial charge is 0.481 e. The molecule has 3 N–H and O–H groups in total. The molecule has 7 nitrogen and oxygen atoms in total. The first kappa shape index (κ1) is 23.3. The normalized spacial score (nSPS) is 13.2. The van der Waals surface area contributed by atoms with E-state index in [0.717, 1.165) is 22.3 Å². The molecule has 0 aromatic heterocycles. The fraction of sp³-hybridized carbons (Fsp3) is 0.400. The number of carbonyl (C=O) groups excluding carboxylic acids is 2. The van der Waals surface area contributed by atoms with Crippen LogP contribution in [0.2, 0.25) is 0 Å². The van der Waals surface area contributed by atoms with E-state index in [9.17, 15) is 19.5 Å². The van der Waals surface area contributed by atoms with Gasteiger partial charge in [0.05, 0.1) is 5.92 Å². The highest BCUT2D eigenvalue weighted by Crippen LogP contribution is 2.44. The van der Waals surface area contributed by atoms with Crippen LogP contribution in [-0.4, -0.2) is 42.8 Å². The van der Waals surface area contributed by atoms with Gasteiger partial charge < -0.3 is 20.5 Å². The maximum absolute atomic E-state index is 12.1. The molecule has 0 fully saturated rings. The number of aliphatic carboxylic acids is 1. The van der Waals surface area contributed by atoms with Gasteiger partial charge in [0.2, 0.25) is 5.91 Å². The number of benzene rings is 2. The van der Waals surface area contributed by atoms with E-state index in [1.54, 1.807) is 0 Å². The Morgan fingerprint density at radius 3 is 2.12 bits per heavy atom. The molecule has 0 heterocycles. The quantitative estimate of drug-likeness (QED) is 0.524. The van der Waals surface area contributed by atoms with Crippen LogP contribution in [0.25, 0.3) is 11.1 Å². The monoisotopic (exact) mass is 438 g/mol. The van der Waals surface area contributed by atoms with Gasteiger partial charge in [-0.1, -0.05) is 62.4 Å². The van der Waals surface area contributed by atoms with Crippen LogP contribution in [0.5, 0.6) is 0 Å². The summed E-state index contributed by atoms with van der Waals surface area (Å²) < 4.78 is 5.44. The lowest BCUT2D eigenvalue weighted by atomic mass is 9.97. The van der Waals surface area contributed by atoms with E-state index in [1.165, 1.54) is 0 Å². The van der Waals surface area contributed by atoms with E-state index < -0.39 is 18.0 Å². The summed E-state index contributed by atoms with van der Waals surface area (Å²) in [5, 5.41) is 14.5. The number of amides is 2. The molecule has 1 unspecified atom stereocenters. The first-order chi connectivity index (χ1) is 15.4. The minimum absolute atomic E-state index is 0.0228. The zero-order valence-electron chi connectivity index (χ0n) is 18.5. The van der Waals surface area contributed by atoms with Gasteiger partial charge in [0, 0.05) is 25.4 Å². The number of alkyl carbamates (subject to hydrolysis) is 1. The second kappa shape index (κ2) is 10.8. The lowest BCUT2D eigenvalue weighted by molar-refractivity contribution is -0.142. The van der Waals surface area contributed by atoms with Crippen molar-refractivity contribution in [1.82, 2.24) is 10.6 Å². The third-order valence-electron chi connectivity index (χ3n) is 5.62. The number of carbonyl (C=O) groups is 3. The van der Waals surface area contributed by atoms with Gasteiger partial charge in [-0.25, -0.2) is 4.79 Å². The third kappa shape index (κ3) is 5.87. The summed E-state index contributed by atoms with van der Waals surface area (Å²) in [7, 11) is 0. The first-order valence-electron chi connectivity index (χ1n) is 10.9. The number of carboxylic acids is 1. The Labute approximate surface area is 188 Å². The van der Waals surface area contributed by atoms with Crippen molar-refractivity contribution in [2.45, 2.75) is 32.6 Å². The fourth-order valence-electron chi connectivity index (χ4n) is 4.09. The van der Waals surface area contributed by atoms with E-state index in [4.69, 9.17) is 4.74 Å². The summed E-state index contributed by atoms with van der Waals surface area (Å²) in [4.78, 5) is 35.4. The summed E-state index contributed by atoms with van der Waals surface area (Å²) in [5.74, 6) is -1.64. The second-order valence-electron chi connectivity index (χ2n) is 8.47. The van der Waals surface area contributed by atoms with Crippen LogP contribution in [-0.2, 0) is 14.3 Å². The molecule has 2 aromatic carbocycles. The molecule has 0 aliphatic heterocycles. The van der Waals surface area contributed by atoms with Crippen molar-refractivity contribution in [3.05, 3.63) is 59.7 Å². The zero-order valence-corrected chi connectivity index (χ0v) is 18.5. The molecule has 0 saturated carbocycles.